The monoisotopic (exact) mass is 244 g/mol. The Hall–Kier alpha value is -1.72. The summed E-state index contributed by atoms with van der Waals surface area (Å²) in [6.07, 6.45) is 1.04. The molecule has 0 radical (unpaired) electrons. The normalized spacial score (nSPS) is 20.4. The van der Waals surface area contributed by atoms with Crippen LogP contribution in [0.1, 0.15) is 12.3 Å². The van der Waals surface area contributed by atoms with Gasteiger partial charge in [0.2, 0.25) is 11.8 Å². The van der Waals surface area contributed by atoms with Crippen molar-refractivity contribution in [3.63, 3.8) is 0 Å². The van der Waals surface area contributed by atoms with Crippen molar-refractivity contribution in [3.8, 4) is 11.5 Å². The smallest absolute Gasteiger partial charge is 0.247 e. The Bertz CT molecular complexity index is 511. The molecule has 0 bridgehead atoms. The molecular weight excluding hydrogens is 228 g/mol. The van der Waals surface area contributed by atoms with Gasteiger partial charge >= 0.3 is 0 Å². The van der Waals surface area contributed by atoms with E-state index in [-0.39, 0.29) is 6.04 Å². The fraction of sp³-hybridized carbons (Fsp3) is 0.385. The topological polar surface area (TPSA) is 68.2 Å². The van der Waals surface area contributed by atoms with E-state index in [1.807, 2.05) is 30.3 Å². The van der Waals surface area contributed by atoms with E-state index < -0.39 is 0 Å². The fourth-order valence-electron chi connectivity index (χ4n) is 2.21. The van der Waals surface area contributed by atoms with Crippen molar-refractivity contribution in [2.45, 2.75) is 19.0 Å². The highest BCUT2D eigenvalue weighted by molar-refractivity contribution is 5.51. The van der Waals surface area contributed by atoms with Crippen molar-refractivity contribution >= 4 is 0 Å². The first kappa shape index (κ1) is 11.4. The van der Waals surface area contributed by atoms with Gasteiger partial charge in [0.1, 0.15) is 0 Å². The molecule has 0 spiro atoms. The molecule has 2 heterocycles. The van der Waals surface area contributed by atoms with Crippen molar-refractivity contribution in [1.82, 2.24) is 15.1 Å². The van der Waals surface area contributed by atoms with Crippen molar-refractivity contribution in [2.75, 3.05) is 13.1 Å². The molecule has 94 valence electrons. The molecule has 1 aromatic heterocycles. The van der Waals surface area contributed by atoms with Crippen LogP contribution in [0.5, 0.6) is 0 Å². The minimum atomic E-state index is 0.279. The first-order valence-electron chi connectivity index (χ1n) is 6.17. The highest BCUT2D eigenvalue weighted by Crippen LogP contribution is 2.18. The second-order valence-corrected chi connectivity index (χ2v) is 4.65. The van der Waals surface area contributed by atoms with Gasteiger partial charge in [-0.2, -0.15) is 0 Å². The Morgan fingerprint density at radius 2 is 2.11 bits per heavy atom. The average Bonchev–Trinajstić information content (AvgIpc) is 3.01. The van der Waals surface area contributed by atoms with E-state index in [2.05, 4.69) is 15.1 Å². The molecule has 1 atom stereocenters. The summed E-state index contributed by atoms with van der Waals surface area (Å²) < 4.78 is 5.66. The van der Waals surface area contributed by atoms with Gasteiger partial charge in [-0.3, -0.25) is 4.90 Å². The van der Waals surface area contributed by atoms with E-state index in [9.17, 15) is 0 Å². The van der Waals surface area contributed by atoms with E-state index in [0.717, 1.165) is 25.1 Å². The maximum atomic E-state index is 5.87. The first-order valence-corrected chi connectivity index (χ1v) is 6.17. The zero-order valence-corrected chi connectivity index (χ0v) is 10.1. The fourth-order valence-corrected chi connectivity index (χ4v) is 2.21. The van der Waals surface area contributed by atoms with Crippen LogP contribution < -0.4 is 5.73 Å². The van der Waals surface area contributed by atoms with Crippen molar-refractivity contribution in [1.29, 1.82) is 0 Å². The second kappa shape index (κ2) is 4.88. The third kappa shape index (κ3) is 2.42. The quantitative estimate of drug-likeness (QED) is 0.880. The Kier molecular flexibility index (Phi) is 3.08. The molecule has 2 N–H and O–H groups in total. The van der Waals surface area contributed by atoms with E-state index in [1.165, 1.54) is 0 Å². The molecule has 18 heavy (non-hydrogen) atoms. The molecule has 1 aliphatic heterocycles. The third-order valence-corrected chi connectivity index (χ3v) is 3.16. The molecule has 5 nitrogen and oxygen atoms in total. The highest BCUT2D eigenvalue weighted by atomic mass is 16.4. The second-order valence-electron chi connectivity index (χ2n) is 4.65. The Morgan fingerprint density at radius 3 is 2.83 bits per heavy atom. The number of rotatable bonds is 3. The molecule has 1 fully saturated rings. The molecule has 0 amide bonds. The largest absolute Gasteiger partial charge is 0.419 e. The van der Waals surface area contributed by atoms with Crippen molar-refractivity contribution < 1.29 is 4.42 Å². The zero-order chi connectivity index (χ0) is 12.4. The van der Waals surface area contributed by atoms with Crippen LogP contribution in [0.25, 0.3) is 11.5 Å². The van der Waals surface area contributed by atoms with Crippen LogP contribution in [-0.2, 0) is 6.54 Å². The average molecular weight is 244 g/mol. The lowest BCUT2D eigenvalue weighted by Gasteiger charge is -2.11. The molecule has 0 aliphatic carbocycles. The van der Waals surface area contributed by atoms with Crippen LogP contribution in [-0.4, -0.2) is 34.2 Å². The molecule has 0 saturated carbocycles. The Morgan fingerprint density at radius 1 is 1.28 bits per heavy atom. The number of likely N-dealkylation sites (tertiary alicyclic amines) is 1. The van der Waals surface area contributed by atoms with E-state index >= 15 is 0 Å². The molecule has 1 aliphatic rings. The summed E-state index contributed by atoms with van der Waals surface area (Å²) in [5, 5.41) is 8.15. The predicted octanol–water partition coefficient (Wildman–Crippen LogP) is 1.27. The van der Waals surface area contributed by atoms with Gasteiger partial charge < -0.3 is 10.2 Å². The summed E-state index contributed by atoms with van der Waals surface area (Å²) in [5.41, 5.74) is 6.82. The number of nitrogens with two attached hydrogens (primary N) is 1. The van der Waals surface area contributed by atoms with E-state index in [4.69, 9.17) is 10.2 Å². The van der Waals surface area contributed by atoms with Crippen molar-refractivity contribution in [3.05, 3.63) is 36.2 Å². The Balaban J connectivity index is 1.70. The minimum Gasteiger partial charge on any atom is -0.419 e. The summed E-state index contributed by atoms with van der Waals surface area (Å²) in [6, 6.07) is 10.1. The van der Waals surface area contributed by atoms with Crippen LogP contribution in [0.4, 0.5) is 0 Å². The summed E-state index contributed by atoms with van der Waals surface area (Å²) in [4.78, 5) is 2.24. The highest BCUT2D eigenvalue weighted by Gasteiger charge is 2.21. The lowest BCUT2D eigenvalue weighted by Crippen LogP contribution is -2.26. The van der Waals surface area contributed by atoms with Gasteiger partial charge in [0.05, 0.1) is 6.54 Å². The molecule has 3 rings (SSSR count). The van der Waals surface area contributed by atoms with Crippen LogP contribution >= 0.6 is 0 Å². The molecule has 2 aromatic rings. The van der Waals surface area contributed by atoms with Crippen LogP contribution in [0.2, 0.25) is 0 Å². The summed E-state index contributed by atoms with van der Waals surface area (Å²) in [6.45, 7) is 2.60. The summed E-state index contributed by atoms with van der Waals surface area (Å²) >= 11 is 0. The Labute approximate surface area is 106 Å². The van der Waals surface area contributed by atoms with E-state index in [0.29, 0.717) is 18.3 Å². The number of hydrogen-bond donors (Lipinski definition) is 1. The predicted molar refractivity (Wildman–Crippen MR) is 67.6 cm³/mol. The SMILES string of the molecule is NC1CCN(Cc2nnc(-c3ccccc3)o2)C1. The molecule has 1 aromatic carbocycles. The molecular formula is C13H16N4O. The molecule has 1 unspecified atom stereocenters. The molecule has 1 saturated heterocycles. The third-order valence-electron chi connectivity index (χ3n) is 3.16. The van der Waals surface area contributed by atoms with Gasteiger partial charge in [0.15, 0.2) is 0 Å². The maximum Gasteiger partial charge on any atom is 0.247 e. The van der Waals surface area contributed by atoms with Gasteiger partial charge in [0.25, 0.3) is 0 Å². The first-order chi connectivity index (χ1) is 8.81. The van der Waals surface area contributed by atoms with Gasteiger partial charge in [-0.05, 0) is 18.6 Å². The van der Waals surface area contributed by atoms with Gasteiger partial charge in [0, 0.05) is 24.7 Å². The maximum absolute atomic E-state index is 5.87. The lowest BCUT2D eigenvalue weighted by molar-refractivity contribution is 0.289. The van der Waals surface area contributed by atoms with Gasteiger partial charge in [-0.25, -0.2) is 0 Å². The van der Waals surface area contributed by atoms with Crippen molar-refractivity contribution in [2.24, 2.45) is 5.73 Å². The zero-order valence-electron chi connectivity index (χ0n) is 10.1. The lowest BCUT2D eigenvalue weighted by atomic mass is 10.2. The van der Waals surface area contributed by atoms with E-state index in [1.54, 1.807) is 0 Å². The summed E-state index contributed by atoms with van der Waals surface area (Å²) in [7, 11) is 0. The molecule has 5 heteroatoms. The standard InChI is InChI=1S/C13H16N4O/c14-11-6-7-17(8-11)9-12-15-16-13(18-12)10-4-2-1-3-5-10/h1-5,11H,6-9,14H2. The number of benzene rings is 1. The number of hydrogen-bond acceptors (Lipinski definition) is 5. The summed E-state index contributed by atoms with van der Waals surface area (Å²) in [5.74, 6) is 1.23. The number of aromatic nitrogens is 2. The van der Waals surface area contributed by atoms with Crippen LogP contribution in [0, 0.1) is 0 Å². The van der Waals surface area contributed by atoms with Crippen LogP contribution in [0.3, 0.4) is 0 Å². The van der Waals surface area contributed by atoms with Crippen LogP contribution in [0.15, 0.2) is 34.7 Å². The minimum absolute atomic E-state index is 0.279. The van der Waals surface area contributed by atoms with Gasteiger partial charge in [-0.15, -0.1) is 10.2 Å². The van der Waals surface area contributed by atoms with Gasteiger partial charge in [-0.1, -0.05) is 18.2 Å². The number of nitrogens with zero attached hydrogens (tertiary/aromatic N) is 3.